The molecule has 0 bridgehead atoms. The first-order valence-corrected chi connectivity index (χ1v) is 3.66. The Morgan fingerprint density at radius 3 is 2.62 bits per heavy atom. The van der Waals surface area contributed by atoms with Crippen LogP contribution in [0.25, 0.3) is 0 Å². The van der Waals surface area contributed by atoms with Crippen LogP contribution in [0.4, 0.5) is 13.2 Å². The Morgan fingerprint density at radius 1 is 1.62 bits per heavy atom. The molecule has 1 aromatic heterocycles. The molecule has 72 valence electrons. The minimum Gasteiger partial charge on any atom is -0.263 e. The van der Waals surface area contributed by atoms with E-state index in [1.54, 1.807) is 0 Å². The SMILES string of the molecule is C=CCc1cc(C(F)(F)F)n(C)n1. The van der Waals surface area contributed by atoms with Crippen molar-refractivity contribution >= 4 is 0 Å². The van der Waals surface area contributed by atoms with E-state index in [0.717, 1.165) is 10.7 Å². The Kier molecular flexibility index (Phi) is 2.45. The maximum atomic E-state index is 12.2. The minimum atomic E-state index is -4.33. The van der Waals surface area contributed by atoms with Gasteiger partial charge in [0.2, 0.25) is 0 Å². The lowest BCUT2D eigenvalue weighted by Gasteiger charge is -2.04. The van der Waals surface area contributed by atoms with Crippen LogP contribution in [0.3, 0.4) is 0 Å². The molecule has 1 rings (SSSR count). The number of alkyl halides is 3. The van der Waals surface area contributed by atoms with E-state index in [2.05, 4.69) is 11.7 Å². The summed E-state index contributed by atoms with van der Waals surface area (Å²) < 4.78 is 37.5. The van der Waals surface area contributed by atoms with Crippen molar-refractivity contribution in [3.63, 3.8) is 0 Å². The third-order valence-corrected chi connectivity index (χ3v) is 1.57. The number of aromatic nitrogens is 2. The molecule has 1 aromatic rings. The minimum absolute atomic E-state index is 0.351. The van der Waals surface area contributed by atoms with Crippen molar-refractivity contribution in [1.29, 1.82) is 0 Å². The average molecular weight is 190 g/mol. The summed E-state index contributed by atoms with van der Waals surface area (Å²) >= 11 is 0. The van der Waals surface area contributed by atoms with Gasteiger partial charge in [-0.1, -0.05) is 6.08 Å². The Labute approximate surface area is 73.7 Å². The highest BCUT2D eigenvalue weighted by Crippen LogP contribution is 2.29. The van der Waals surface area contributed by atoms with Gasteiger partial charge in [0.15, 0.2) is 0 Å². The summed E-state index contributed by atoms with van der Waals surface area (Å²) in [5, 5.41) is 3.69. The fourth-order valence-corrected chi connectivity index (χ4v) is 1.04. The molecule has 2 nitrogen and oxygen atoms in total. The Morgan fingerprint density at radius 2 is 2.23 bits per heavy atom. The third-order valence-electron chi connectivity index (χ3n) is 1.57. The molecule has 0 saturated heterocycles. The van der Waals surface area contributed by atoms with Gasteiger partial charge in [-0.2, -0.15) is 18.3 Å². The molecule has 0 amide bonds. The zero-order chi connectivity index (χ0) is 10.1. The largest absolute Gasteiger partial charge is 0.433 e. The summed E-state index contributed by atoms with van der Waals surface area (Å²) in [5.74, 6) is 0. The molecule has 0 aromatic carbocycles. The Hall–Kier alpha value is -1.26. The highest BCUT2D eigenvalue weighted by molar-refractivity contribution is 5.15. The van der Waals surface area contributed by atoms with Gasteiger partial charge in [0.25, 0.3) is 0 Å². The van der Waals surface area contributed by atoms with Crippen LogP contribution in [0, 0.1) is 0 Å². The standard InChI is InChI=1S/C8H9F3N2/c1-3-4-6-5-7(8(9,10)11)13(2)12-6/h3,5H,1,4H2,2H3. The molecule has 0 N–H and O–H groups in total. The molecular weight excluding hydrogens is 181 g/mol. The highest BCUT2D eigenvalue weighted by atomic mass is 19.4. The summed E-state index contributed by atoms with van der Waals surface area (Å²) in [4.78, 5) is 0. The molecule has 0 aliphatic carbocycles. The van der Waals surface area contributed by atoms with Crippen molar-refractivity contribution in [1.82, 2.24) is 9.78 Å². The molecule has 0 atom stereocenters. The Balaban J connectivity index is 3.03. The van der Waals surface area contributed by atoms with Gasteiger partial charge in [-0.15, -0.1) is 6.58 Å². The summed E-state index contributed by atoms with van der Waals surface area (Å²) in [6.07, 6.45) is -2.46. The van der Waals surface area contributed by atoms with E-state index in [9.17, 15) is 13.2 Å². The first kappa shape index (κ1) is 9.83. The molecule has 13 heavy (non-hydrogen) atoms. The second-order valence-electron chi connectivity index (χ2n) is 2.64. The van der Waals surface area contributed by atoms with Crippen molar-refractivity contribution in [3.05, 3.63) is 30.1 Å². The van der Waals surface area contributed by atoms with Crippen LogP contribution in [-0.4, -0.2) is 9.78 Å². The predicted octanol–water partition coefficient (Wildman–Crippen LogP) is 2.17. The zero-order valence-corrected chi connectivity index (χ0v) is 7.10. The number of halogens is 3. The third kappa shape index (κ3) is 2.11. The molecule has 0 unspecified atom stereocenters. The lowest BCUT2D eigenvalue weighted by molar-refractivity contribution is -0.143. The molecule has 0 aliphatic heterocycles. The van der Waals surface area contributed by atoms with Crippen LogP contribution in [0.2, 0.25) is 0 Å². The maximum Gasteiger partial charge on any atom is 0.433 e. The highest BCUT2D eigenvalue weighted by Gasteiger charge is 2.34. The number of aryl methyl sites for hydroxylation is 1. The van der Waals surface area contributed by atoms with Gasteiger partial charge in [0.1, 0.15) is 5.69 Å². The van der Waals surface area contributed by atoms with Crippen molar-refractivity contribution in [2.75, 3.05) is 0 Å². The van der Waals surface area contributed by atoms with Crippen LogP contribution in [0.5, 0.6) is 0 Å². The van der Waals surface area contributed by atoms with E-state index in [0.29, 0.717) is 12.1 Å². The van der Waals surface area contributed by atoms with Crippen molar-refractivity contribution < 1.29 is 13.2 Å². The van der Waals surface area contributed by atoms with Gasteiger partial charge >= 0.3 is 6.18 Å². The monoisotopic (exact) mass is 190 g/mol. The van der Waals surface area contributed by atoms with E-state index in [-0.39, 0.29) is 0 Å². The van der Waals surface area contributed by atoms with Gasteiger partial charge in [-0.3, -0.25) is 4.68 Å². The van der Waals surface area contributed by atoms with Crippen LogP contribution >= 0.6 is 0 Å². The zero-order valence-electron chi connectivity index (χ0n) is 7.10. The van der Waals surface area contributed by atoms with E-state index in [4.69, 9.17) is 0 Å². The topological polar surface area (TPSA) is 17.8 Å². The van der Waals surface area contributed by atoms with Crippen LogP contribution in [0.15, 0.2) is 18.7 Å². The molecule has 5 heteroatoms. The van der Waals surface area contributed by atoms with E-state index >= 15 is 0 Å². The lowest BCUT2D eigenvalue weighted by atomic mass is 10.3. The fourth-order valence-electron chi connectivity index (χ4n) is 1.04. The second-order valence-corrected chi connectivity index (χ2v) is 2.64. The molecule has 0 aliphatic rings. The van der Waals surface area contributed by atoms with Crippen molar-refractivity contribution in [3.8, 4) is 0 Å². The second kappa shape index (κ2) is 3.24. The van der Waals surface area contributed by atoms with E-state index in [1.165, 1.54) is 13.1 Å². The van der Waals surface area contributed by atoms with Gasteiger partial charge < -0.3 is 0 Å². The average Bonchev–Trinajstić information content (AvgIpc) is 2.30. The van der Waals surface area contributed by atoms with Crippen molar-refractivity contribution in [2.24, 2.45) is 7.05 Å². The number of nitrogens with zero attached hydrogens (tertiary/aromatic N) is 2. The molecule has 0 saturated carbocycles. The normalized spacial score (nSPS) is 11.7. The summed E-state index contributed by atoms with van der Waals surface area (Å²) in [7, 11) is 1.27. The smallest absolute Gasteiger partial charge is 0.263 e. The summed E-state index contributed by atoms with van der Waals surface area (Å²) in [6, 6.07) is 1.03. The van der Waals surface area contributed by atoms with Gasteiger partial charge in [-0.05, 0) is 6.07 Å². The maximum absolute atomic E-state index is 12.2. The first-order valence-electron chi connectivity index (χ1n) is 3.66. The van der Waals surface area contributed by atoms with Crippen molar-refractivity contribution in [2.45, 2.75) is 12.6 Å². The summed E-state index contributed by atoms with van der Waals surface area (Å²) in [5.41, 5.74) is -0.353. The van der Waals surface area contributed by atoms with Gasteiger partial charge in [0.05, 0.1) is 5.69 Å². The molecular formula is C8H9F3N2. The number of hydrogen-bond acceptors (Lipinski definition) is 1. The van der Waals surface area contributed by atoms with Crippen LogP contribution in [0.1, 0.15) is 11.4 Å². The van der Waals surface area contributed by atoms with Gasteiger partial charge in [-0.25, -0.2) is 0 Å². The number of hydrogen-bond donors (Lipinski definition) is 0. The number of rotatable bonds is 2. The lowest BCUT2D eigenvalue weighted by Crippen LogP contribution is -2.11. The van der Waals surface area contributed by atoms with Crippen LogP contribution < -0.4 is 0 Å². The molecule has 1 heterocycles. The first-order chi connectivity index (χ1) is 5.95. The predicted molar refractivity (Wildman–Crippen MR) is 42.1 cm³/mol. The van der Waals surface area contributed by atoms with Crippen LogP contribution in [-0.2, 0) is 19.6 Å². The molecule has 0 fully saturated rings. The molecule has 0 radical (unpaired) electrons. The summed E-state index contributed by atoms with van der Waals surface area (Å²) in [6.45, 7) is 3.43. The van der Waals surface area contributed by atoms with E-state index in [1.807, 2.05) is 0 Å². The number of allylic oxidation sites excluding steroid dienone is 1. The fraction of sp³-hybridized carbons (Fsp3) is 0.375. The van der Waals surface area contributed by atoms with Gasteiger partial charge in [0, 0.05) is 13.5 Å². The van der Waals surface area contributed by atoms with E-state index < -0.39 is 11.9 Å². The molecule has 0 spiro atoms. The Bertz CT molecular complexity index is 312. The quantitative estimate of drug-likeness (QED) is 0.653.